The van der Waals surface area contributed by atoms with Gasteiger partial charge < -0.3 is 4.74 Å². The molecule has 1 aromatic carbocycles. The second-order valence-corrected chi connectivity index (χ2v) is 4.91. The van der Waals surface area contributed by atoms with Crippen LogP contribution in [0.25, 0.3) is 0 Å². The number of hydrogen-bond acceptors (Lipinski definition) is 2. The van der Waals surface area contributed by atoms with Crippen LogP contribution in [0.1, 0.15) is 48.0 Å². The zero-order chi connectivity index (χ0) is 13.0. The van der Waals surface area contributed by atoms with Crippen molar-refractivity contribution in [1.29, 1.82) is 0 Å². The molecule has 1 fully saturated rings. The third kappa shape index (κ3) is 3.39. The van der Waals surface area contributed by atoms with Crippen molar-refractivity contribution in [2.24, 2.45) is 0 Å². The van der Waals surface area contributed by atoms with Crippen molar-refractivity contribution in [3.63, 3.8) is 0 Å². The second kappa shape index (κ2) is 6.10. The van der Waals surface area contributed by atoms with Gasteiger partial charge in [-0.1, -0.05) is 0 Å². The van der Waals surface area contributed by atoms with Crippen molar-refractivity contribution in [3.8, 4) is 0 Å². The highest BCUT2D eigenvalue weighted by Gasteiger charge is 2.16. The molecule has 18 heavy (non-hydrogen) atoms. The molecule has 0 aromatic heterocycles. The molecule has 0 radical (unpaired) electrons. The lowest BCUT2D eigenvalue weighted by atomic mass is 9.98. The Hall–Kier alpha value is -1.22. The fourth-order valence-electron chi connectivity index (χ4n) is 2.40. The second-order valence-electron chi connectivity index (χ2n) is 4.91. The molecule has 0 N–H and O–H groups in total. The topological polar surface area (TPSA) is 26.3 Å². The maximum atomic E-state index is 13.0. The van der Waals surface area contributed by atoms with E-state index in [9.17, 15) is 9.18 Å². The first-order valence-corrected chi connectivity index (χ1v) is 6.58. The zero-order valence-corrected chi connectivity index (χ0v) is 10.7. The number of halogens is 1. The quantitative estimate of drug-likeness (QED) is 0.762. The van der Waals surface area contributed by atoms with E-state index in [1.807, 2.05) is 0 Å². The maximum Gasteiger partial charge on any atom is 0.163 e. The molecular formula is C15H19FO2. The first-order valence-electron chi connectivity index (χ1n) is 6.58. The molecule has 2 rings (SSSR count). The zero-order valence-electron chi connectivity index (χ0n) is 10.7. The van der Waals surface area contributed by atoms with E-state index in [1.54, 1.807) is 13.0 Å². The molecule has 1 saturated heterocycles. The van der Waals surface area contributed by atoms with Gasteiger partial charge in [0.25, 0.3) is 0 Å². The first-order chi connectivity index (χ1) is 8.66. The van der Waals surface area contributed by atoms with E-state index in [0.717, 1.165) is 25.9 Å². The summed E-state index contributed by atoms with van der Waals surface area (Å²) in [4.78, 5) is 12.0. The van der Waals surface area contributed by atoms with Gasteiger partial charge in [-0.2, -0.15) is 0 Å². The van der Waals surface area contributed by atoms with E-state index in [2.05, 4.69) is 0 Å². The monoisotopic (exact) mass is 250 g/mol. The molecule has 1 aromatic rings. The smallest absolute Gasteiger partial charge is 0.163 e. The average Bonchev–Trinajstić information content (AvgIpc) is 2.37. The number of ether oxygens (including phenoxy) is 1. The number of benzene rings is 1. The van der Waals surface area contributed by atoms with Crippen molar-refractivity contribution >= 4 is 5.78 Å². The van der Waals surface area contributed by atoms with Crippen LogP contribution in [0.2, 0.25) is 0 Å². The molecule has 1 unspecified atom stereocenters. The molecule has 0 bridgehead atoms. The van der Waals surface area contributed by atoms with Crippen LogP contribution in [0.5, 0.6) is 0 Å². The highest BCUT2D eigenvalue weighted by molar-refractivity contribution is 5.97. The molecule has 0 aliphatic carbocycles. The number of aryl methyl sites for hydroxylation is 1. The molecule has 1 atom stereocenters. The van der Waals surface area contributed by atoms with Gasteiger partial charge in [0, 0.05) is 18.6 Å². The summed E-state index contributed by atoms with van der Waals surface area (Å²) in [6, 6.07) is 4.33. The Morgan fingerprint density at radius 1 is 1.44 bits per heavy atom. The summed E-state index contributed by atoms with van der Waals surface area (Å²) in [5.74, 6) is -0.207. The summed E-state index contributed by atoms with van der Waals surface area (Å²) >= 11 is 0. The fraction of sp³-hybridized carbons (Fsp3) is 0.533. The van der Waals surface area contributed by atoms with Crippen LogP contribution in [0.15, 0.2) is 18.2 Å². The third-order valence-electron chi connectivity index (χ3n) is 3.46. The van der Waals surface area contributed by atoms with Crippen LogP contribution in [0.4, 0.5) is 4.39 Å². The Kier molecular flexibility index (Phi) is 4.48. The van der Waals surface area contributed by atoms with Gasteiger partial charge in [0.05, 0.1) is 6.10 Å². The Balaban J connectivity index is 1.90. The predicted molar refractivity (Wildman–Crippen MR) is 68.3 cm³/mol. The maximum absolute atomic E-state index is 13.0. The highest BCUT2D eigenvalue weighted by Crippen LogP contribution is 2.19. The van der Waals surface area contributed by atoms with Gasteiger partial charge in [-0.25, -0.2) is 4.39 Å². The van der Waals surface area contributed by atoms with Gasteiger partial charge in [-0.3, -0.25) is 4.79 Å². The van der Waals surface area contributed by atoms with Crippen LogP contribution in [0.3, 0.4) is 0 Å². The molecule has 1 aliphatic heterocycles. The molecule has 1 heterocycles. The van der Waals surface area contributed by atoms with Crippen molar-refractivity contribution in [2.75, 3.05) is 6.61 Å². The minimum absolute atomic E-state index is 0.0849. The largest absolute Gasteiger partial charge is 0.378 e. The number of rotatable bonds is 4. The van der Waals surface area contributed by atoms with Gasteiger partial charge >= 0.3 is 0 Å². The normalized spacial score (nSPS) is 19.8. The van der Waals surface area contributed by atoms with Crippen molar-refractivity contribution < 1.29 is 13.9 Å². The third-order valence-corrected chi connectivity index (χ3v) is 3.46. The van der Waals surface area contributed by atoms with Gasteiger partial charge in [0.1, 0.15) is 5.82 Å². The van der Waals surface area contributed by atoms with E-state index in [4.69, 9.17) is 4.74 Å². The van der Waals surface area contributed by atoms with E-state index in [0.29, 0.717) is 17.5 Å². The Morgan fingerprint density at radius 2 is 2.28 bits per heavy atom. The molecule has 2 nitrogen and oxygen atoms in total. The molecular weight excluding hydrogens is 231 g/mol. The van der Waals surface area contributed by atoms with Crippen molar-refractivity contribution in [1.82, 2.24) is 0 Å². The van der Waals surface area contributed by atoms with Crippen LogP contribution in [-0.4, -0.2) is 18.5 Å². The minimum atomic E-state index is -0.292. The van der Waals surface area contributed by atoms with E-state index < -0.39 is 0 Å². The van der Waals surface area contributed by atoms with Gasteiger partial charge in [0.2, 0.25) is 0 Å². The summed E-state index contributed by atoms with van der Waals surface area (Å²) in [7, 11) is 0. The highest BCUT2D eigenvalue weighted by atomic mass is 19.1. The average molecular weight is 250 g/mol. The number of hydrogen-bond donors (Lipinski definition) is 0. The van der Waals surface area contributed by atoms with Crippen LogP contribution in [0, 0.1) is 12.7 Å². The van der Waals surface area contributed by atoms with E-state index >= 15 is 0 Å². The lowest BCUT2D eigenvalue weighted by molar-refractivity contribution is 0.0104. The molecule has 0 amide bonds. The lowest BCUT2D eigenvalue weighted by Gasteiger charge is -2.22. The van der Waals surface area contributed by atoms with Crippen LogP contribution >= 0.6 is 0 Å². The summed E-state index contributed by atoms with van der Waals surface area (Å²) in [6.07, 6.45) is 4.85. The summed E-state index contributed by atoms with van der Waals surface area (Å²) in [5, 5.41) is 0. The number of Topliss-reactive ketones (excluding diaryl/α,β-unsaturated/α-hetero) is 1. The van der Waals surface area contributed by atoms with Gasteiger partial charge in [-0.05, 0) is 56.4 Å². The molecule has 0 saturated carbocycles. The van der Waals surface area contributed by atoms with E-state index in [1.165, 1.54) is 18.6 Å². The van der Waals surface area contributed by atoms with Gasteiger partial charge in [0.15, 0.2) is 5.78 Å². The van der Waals surface area contributed by atoms with Crippen molar-refractivity contribution in [2.45, 2.75) is 45.1 Å². The Bertz CT molecular complexity index is 423. The first kappa shape index (κ1) is 13.2. The number of carbonyl (C=O) groups is 1. The number of carbonyl (C=O) groups excluding carboxylic acids is 1. The molecule has 98 valence electrons. The van der Waals surface area contributed by atoms with Crippen LogP contribution in [-0.2, 0) is 4.74 Å². The molecule has 1 aliphatic rings. The molecule has 3 heteroatoms. The fourth-order valence-corrected chi connectivity index (χ4v) is 2.40. The lowest BCUT2D eigenvalue weighted by Crippen LogP contribution is -2.20. The summed E-state index contributed by atoms with van der Waals surface area (Å²) in [5.41, 5.74) is 1.34. The van der Waals surface area contributed by atoms with Crippen LogP contribution < -0.4 is 0 Å². The minimum Gasteiger partial charge on any atom is -0.378 e. The van der Waals surface area contributed by atoms with E-state index in [-0.39, 0.29) is 17.7 Å². The summed E-state index contributed by atoms with van der Waals surface area (Å²) < 4.78 is 18.6. The molecule has 0 spiro atoms. The predicted octanol–water partition coefficient (Wildman–Crippen LogP) is 3.67. The SMILES string of the molecule is Cc1cc(F)ccc1C(=O)CCC1CCCCO1. The Morgan fingerprint density at radius 3 is 2.94 bits per heavy atom. The Labute approximate surface area is 107 Å². The number of ketones is 1. The summed E-state index contributed by atoms with van der Waals surface area (Å²) in [6.45, 7) is 2.59. The van der Waals surface area contributed by atoms with Gasteiger partial charge in [-0.15, -0.1) is 0 Å². The standard InChI is InChI=1S/C15H19FO2/c1-11-10-12(16)5-7-14(11)15(17)8-6-13-4-2-3-9-18-13/h5,7,10,13H,2-4,6,8-9H2,1H3. The van der Waals surface area contributed by atoms with Crippen molar-refractivity contribution in [3.05, 3.63) is 35.1 Å².